The molecule has 5 heteroatoms. The molecule has 1 heterocycles. The van der Waals surface area contributed by atoms with Crippen molar-refractivity contribution in [1.29, 1.82) is 0 Å². The molecule has 0 radical (unpaired) electrons. The van der Waals surface area contributed by atoms with E-state index in [1.165, 1.54) is 5.56 Å². The molecule has 0 spiro atoms. The van der Waals surface area contributed by atoms with Crippen LogP contribution in [0.2, 0.25) is 5.15 Å². The van der Waals surface area contributed by atoms with E-state index in [0.717, 1.165) is 17.7 Å². The zero-order valence-corrected chi connectivity index (χ0v) is 15.3. The first kappa shape index (κ1) is 18.0. The lowest BCUT2D eigenvalue weighted by molar-refractivity contribution is 0.102. The highest BCUT2D eigenvalue weighted by Gasteiger charge is 2.08. The number of halogens is 1. The highest BCUT2D eigenvalue weighted by molar-refractivity contribution is 6.29. The van der Waals surface area contributed by atoms with Crippen molar-refractivity contribution in [1.82, 2.24) is 4.98 Å². The van der Waals surface area contributed by atoms with E-state index < -0.39 is 0 Å². The second-order valence-corrected chi connectivity index (χ2v) is 6.27. The van der Waals surface area contributed by atoms with Crippen LogP contribution in [-0.4, -0.2) is 10.9 Å². The Hall–Kier alpha value is -2.85. The summed E-state index contributed by atoms with van der Waals surface area (Å²) < 4.78 is 0. The molecule has 0 bridgehead atoms. The Labute approximate surface area is 158 Å². The molecule has 132 valence electrons. The number of para-hydroxylation sites is 1. The van der Waals surface area contributed by atoms with Gasteiger partial charge in [-0.1, -0.05) is 48.9 Å². The minimum atomic E-state index is -0.178. The molecule has 0 aliphatic heterocycles. The van der Waals surface area contributed by atoms with Crippen LogP contribution in [-0.2, 0) is 13.0 Å². The van der Waals surface area contributed by atoms with E-state index in [4.69, 9.17) is 11.6 Å². The lowest BCUT2D eigenvalue weighted by Crippen LogP contribution is -2.12. The van der Waals surface area contributed by atoms with Crippen molar-refractivity contribution in [2.24, 2.45) is 0 Å². The maximum atomic E-state index is 12.5. The van der Waals surface area contributed by atoms with Crippen LogP contribution in [0.5, 0.6) is 0 Å². The molecule has 0 saturated carbocycles. The maximum Gasteiger partial charge on any atom is 0.255 e. The molecule has 3 rings (SSSR count). The summed E-state index contributed by atoms with van der Waals surface area (Å²) >= 11 is 5.85. The fraction of sp³-hybridized carbons (Fsp3) is 0.143. The lowest BCUT2D eigenvalue weighted by Gasteiger charge is -2.12. The molecule has 2 N–H and O–H groups in total. The molecule has 0 fully saturated rings. The molecular weight excluding hydrogens is 346 g/mol. The fourth-order valence-corrected chi connectivity index (χ4v) is 2.88. The summed E-state index contributed by atoms with van der Waals surface area (Å²) in [4.78, 5) is 16.4. The second kappa shape index (κ2) is 8.50. The van der Waals surface area contributed by atoms with Crippen molar-refractivity contribution < 1.29 is 4.79 Å². The summed E-state index contributed by atoms with van der Waals surface area (Å²) in [6.07, 6.45) is 2.53. The Kier molecular flexibility index (Phi) is 5.87. The Morgan fingerprint density at radius 3 is 2.73 bits per heavy atom. The molecule has 0 unspecified atom stereocenters. The van der Waals surface area contributed by atoms with Gasteiger partial charge in [0.25, 0.3) is 5.91 Å². The lowest BCUT2D eigenvalue weighted by atomic mass is 10.1. The number of aryl methyl sites for hydroxylation is 1. The standard InChI is InChI=1S/C21H20ClN3O/c1-2-16-7-3-4-9-19(16)24-14-15-6-5-8-17(12-15)21(26)25-18-10-11-23-20(22)13-18/h3-13,24H,2,14H2,1H3,(H,23,25,26). The van der Waals surface area contributed by atoms with E-state index in [-0.39, 0.29) is 5.91 Å². The highest BCUT2D eigenvalue weighted by atomic mass is 35.5. The number of amides is 1. The molecule has 0 atom stereocenters. The number of nitrogens with one attached hydrogen (secondary N) is 2. The fourth-order valence-electron chi connectivity index (χ4n) is 2.70. The Bertz CT molecular complexity index is 911. The summed E-state index contributed by atoms with van der Waals surface area (Å²) in [5.41, 5.74) is 4.65. The first-order valence-electron chi connectivity index (χ1n) is 8.49. The zero-order valence-electron chi connectivity index (χ0n) is 14.5. The van der Waals surface area contributed by atoms with E-state index in [9.17, 15) is 4.79 Å². The van der Waals surface area contributed by atoms with E-state index >= 15 is 0 Å². The number of carbonyl (C=O) groups is 1. The minimum Gasteiger partial charge on any atom is -0.381 e. The number of hydrogen-bond donors (Lipinski definition) is 2. The number of aromatic nitrogens is 1. The first-order chi connectivity index (χ1) is 12.7. The van der Waals surface area contributed by atoms with Gasteiger partial charge in [-0.05, 0) is 47.9 Å². The van der Waals surface area contributed by atoms with Crippen molar-refractivity contribution in [3.63, 3.8) is 0 Å². The third kappa shape index (κ3) is 4.61. The number of benzene rings is 2. The molecule has 26 heavy (non-hydrogen) atoms. The number of carbonyl (C=O) groups excluding carboxylic acids is 1. The third-order valence-electron chi connectivity index (χ3n) is 4.05. The van der Waals surface area contributed by atoms with Crippen LogP contribution in [0.4, 0.5) is 11.4 Å². The number of pyridine rings is 1. The molecule has 0 aliphatic carbocycles. The zero-order chi connectivity index (χ0) is 18.4. The third-order valence-corrected chi connectivity index (χ3v) is 4.26. The Balaban J connectivity index is 1.68. The van der Waals surface area contributed by atoms with Gasteiger partial charge in [-0.2, -0.15) is 0 Å². The van der Waals surface area contributed by atoms with Gasteiger partial charge < -0.3 is 10.6 Å². The predicted molar refractivity (Wildman–Crippen MR) is 107 cm³/mol. The van der Waals surface area contributed by atoms with Gasteiger partial charge >= 0.3 is 0 Å². The van der Waals surface area contributed by atoms with Crippen LogP contribution in [0.1, 0.15) is 28.4 Å². The van der Waals surface area contributed by atoms with Crippen molar-refractivity contribution in [3.8, 4) is 0 Å². The molecule has 3 aromatic rings. The predicted octanol–water partition coefficient (Wildman–Crippen LogP) is 5.16. The van der Waals surface area contributed by atoms with Crippen molar-refractivity contribution in [2.45, 2.75) is 19.9 Å². The molecule has 2 aromatic carbocycles. The SMILES string of the molecule is CCc1ccccc1NCc1cccc(C(=O)Nc2ccnc(Cl)c2)c1. The Morgan fingerprint density at radius 1 is 1.08 bits per heavy atom. The van der Waals surface area contributed by atoms with Crippen LogP contribution >= 0.6 is 11.6 Å². The summed E-state index contributed by atoms with van der Waals surface area (Å²) in [6, 6.07) is 19.1. The van der Waals surface area contributed by atoms with Crippen LogP contribution in [0.15, 0.2) is 66.9 Å². The summed E-state index contributed by atoms with van der Waals surface area (Å²) in [5.74, 6) is -0.178. The molecule has 0 saturated heterocycles. The van der Waals surface area contributed by atoms with Gasteiger partial charge in [0.15, 0.2) is 0 Å². The summed E-state index contributed by atoms with van der Waals surface area (Å²) in [7, 11) is 0. The number of rotatable bonds is 6. The highest BCUT2D eigenvalue weighted by Crippen LogP contribution is 2.18. The van der Waals surface area contributed by atoms with Gasteiger partial charge in [-0.3, -0.25) is 4.79 Å². The molecule has 1 amide bonds. The van der Waals surface area contributed by atoms with Crippen LogP contribution in [0.3, 0.4) is 0 Å². The van der Waals surface area contributed by atoms with Gasteiger partial charge in [0.05, 0.1) is 0 Å². The summed E-state index contributed by atoms with van der Waals surface area (Å²) in [5, 5.41) is 6.62. The van der Waals surface area contributed by atoms with Crippen LogP contribution in [0.25, 0.3) is 0 Å². The van der Waals surface area contributed by atoms with Gasteiger partial charge in [-0.15, -0.1) is 0 Å². The smallest absolute Gasteiger partial charge is 0.255 e. The minimum absolute atomic E-state index is 0.178. The Morgan fingerprint density at radius 2 is 1.92 bits per heavy atom. The van der Waals surface area contributed by atoms with E-state index in [1.807, 2.05) is 30.3 Å². The van der Waals surface area contributed by atoms with Crippen LogP contribution in [0, 0.1) is 0 Å². The van der Waals surface area contributed by atoms with Crippen molar-refractivity contribution in [2.75, 3.05) is 10.6 Å². The normalized spacial score (nSPS) is 10.4. The average Bonchev–Trinajstić information content (AvgIpc) is 2.67. The monoisotopic (exact) mass is 365 g/mol. The van der Waals surface area contributed by atoms with Gasteiger partial charge in [-0.25, -0.2) is 4.98 Å². The van der Waals surface area contributed by atoms with Crippen LogP contribution < -0.4 is 10.6 Å². The summed E-state index contributed by atoms with van der Waals surface area (Å²) in [6.45, 7) is 2.79. The first-order valence-corrected chi connectivity index (χ1v) is 8.87. The van der Waals surface area contributed by atoms with Gasteiger partial charge in [0.2, 0.25) is 0 Å². The topological polar surface area (TPSA) is 54.0 Å². The molecular formula is C21H20ClN3O. The number of nitrogens with zero attached hydrogens (tertiary/aromatic N) is 1. The van der Waals surface area contributed by atoms with Gasteiger partial charge in [0, 0.05) is 29.7 Å². The van der Waals surface area contributed by atoms with E-state index in [2.05, 4.69) is 34.7 Å². The maximum absolute atomic E-state index is 12.5. The van der Waals surface area contributed by atoms with E-state index in [0.29, 0.717) is 22.9 Å². The average molecular weight is 366 g/mol. The van der Waals surface area contributed by atoms with E-state index in [1.54, 1.807) is 24.4 Å². The molecule has 0 aliphatic rings. The number of anilines is 2. The largest absolute Gasteiger partial charge is 0.381 e. The second-order valence-electron chi connectivity index (χ2n) is 5.89. The molecule has 1 aromatic heterocycles. The quantitative estimate of drug-likeness (QED) is 0.593. The van der Waals surface area contributed by atoms with Crippen molar-refractivity contribution >= 4 is 28.9 Å². The molecule has 4 nitrogen and oxygen atoms in total. The number of hydrogen-bond acceptors (Lipinski definition) is 3. The van der Waals surface area contributed by atoms with Crippen molar-refractivity contribution in [3.05, 3.63) is 88.7 Å². The van der Waals surface area contributed by atoms with Gasteiger partial charge in [0.1, 0.15) is 5.15 Å².